The number of hydrogen-bond acceptors (Lipinski definition) is 4. The average Bonchev–Trinajstić information content (AvgIpc) is 2.89. The van der Waals surface area contributed by atoms with Crippen LogP contribution in [0.15, 0.2) is 44.3 Å². The molecule has 2 aliphatic heterocycles. The molecule has 0 saturated carbocycles. The van der Waals surface area contributed by atoms with E-state index in [9.17, 15) is 0 Å². The standard InChI is InChI=1S/C22H34N4O/c1-4-18-9-10-19(15-24-22(18)23)16(2)20-7-5-6-8-21(20)25-17(3)26-11-13-27-14-12-26/h10,15-16H,4-9,11-14,23H2,1-3H3/b25-17+. The predicted molar refractivity (Wildman–Crippen MR) is 113 cm³/mol. The van der Waals surface area contributed by atoms with E-state index in [4.69, 9.17) is 15.5 Å². The fourth-order valence-electron chi connectivity index (χ4n) is 4.11. The van der Waals surface area contributed by atoms with Crippen molar-refractivity contribution in [3.63, 3.8) is 0 Å². The Hall–Kier alpha value is -1.88. The molecule has 0 radical (unpaired) electrons. The Morgan fingerprint density at radius 1 is 1.30 bits per heavy atom. The van der Waals surface area contributed by atoms with Gasteiger partial charge >= 0.3 is 0 Å². The van der Waals surface area contributed by atoms with E-state index in [1.165, 1.54) is 35.3 Å². The second-order valence-corrected chi connectivity index (χ2v) is 7.67. The number of ether oxygens (including phenoxy) is 1. The Balaban J connectivity index is 1.83. The summed E-state index contributed by atoms with van der Waals surface area (Å²) in [6.07, 6.45) is 10.8. The number of morpholine rings is 1. The molecule has 1 aliphatic carbocycles. The van der Waals surface area contributed by atoms with Crippen LogP contribution in [0, 0.1) is 5.92 Å². The summed E-state index contributed by atoms with van der Waals surface area (Å²) in [5, 5.41) is 0. The summed E-state index contributed by atoms with van der Waals surface area (Å²) < 4.78 is 5.47. The molecule has 0 amide bonds. The average molecular weight is 371 g/mol. The third-order valence-electron chi connectivity index (χ3n) is 5.99. The topological polar surface area (TPSA) is 63.2 Å². The molecule has 5 nitrogen and oxygen atoms in total. The van der Waals surface area contributed by atoms with Gasteiger partial charge in [-0.25, -0.2) is 9.98 Å². The molecule has 3 aliphatic rings. The van der Waals surface area contributed by atoms with Crippen molar-refractivity contribution in [3.8, 4) is 0 Å². The fourth-order valence-corrected chi connectivity index (χ4v) is 4.11. The minimum atomic E-state index is 0.342. The minimum absolute atomic E-state index is 0.342. The minimum Gasteiger partial charge on any atom is -0.384 e. The van der Waals surface area contributed by atoms with Crippen LogP contribution < -0.4 is 5.73 Å². The molecular formula is C22H34N4O. The summed E-state index contributed by atoms with van der Waals surface area (Å²) >= 11 is 0. The first-order chi connectivity index (χ1) is 13.1. The molecule has 3 rings (SSSR count). The summed E-state index contributed by atoms with van der Waals surface area (Å²) in [6.45, 7) is 10.1. The predicted octanol–water partition coefficient (Wildman–Crippen LogP) is 4.18. The number of rotatable bonds is 4. The summed E-state index contributed by atoms with van der Waals surface area (Å²) in [5.74, 6) is 2.16. The van der Waals surface area contributed by atoms with Crippen molar-refractivity contribution in [2.24, 2.45) is 21.6 Å². The Kier molecular flexibility index (Phi) is 6.89. The third-order valence-corrected chi connectivity index (χ3v) is 5.99. The molecule has 27 heavy (non-hydrogen) atoms. The number of nitrogens with zero attached hydrogens (tertiary/aromatic N) is 3. The Labute approximate surface area is 163 Å². The van der Waals surface area contributed by atoms with Crippen LogP contribution in [0.5, 0.6) is 0 Å². The van der Waals surface area contributed by atoms with Crippen molar-refractivity contribution in [2.75, 3.05) is 26.3 Å². The molecule has 2 heterocycles. The van der Waals surface area contributed by atoms with Gasteiger partial charge in [-0.15, -0.1) is 0 Å². The van der Waals surface area contributed by atoms with E-state index in [0.29, 0.717) is 11.7 Å². The van der Waals surface area contributed by atoms with Crippen LogP contribution in [-0.2, 0) is 4.74 Å². The monoisotopic (exact) mass is 370 g/mol. The van der Waals surface area contributed by atoms with E-state index in [-0.39, 0.29) is 0 Å². The summed E-state index contributed by atoms with van der Waals surface area (Å²) in [6, 6.07) is 0. The zero-order valence-electron chi connectivity index (χ0n) is 17.1. The number of aliphatic imine (C=N–C) groups is 2. The van der Waals surface area contributed by atoms with E-state index in [0.717, 1.165) is 57.8 Å². The van der Waals surface area contributed by atoms with Crippen LogP contribution in [-0.4, -0.2) is 43.3 Å². The molecule has 0 bridgehead atoms. The molecule has 0 aromatic rings. The van der Waals surface area contributed by atoms with Crippen LogP contribution in [0.4, 0.5) is 0 Å². The van der Waals surface area contributed by atoms with E-state index in [2.05, 4.69) is 36.7 Å². The molecule has 0 aromatic carbocycles. The second kappa shape index (κ2) is 9.36. The maximum atomic E-state index is 6.10. The normalized spacial score (nSPS) is 23.4. The number of amidine groups is 1. The van der Waals surface area contributed by atoms with Gasteiger partial charge < -0.3 is 15.4 Å². The molecule has 1 atom stereocenters. The van der Waals surface area contributed by atoms with Gasteiger partial charge in [0.15, 0.2) is 0 Å². The number of hydrogen-bond donors (Lipinski definition) is 1. The second-order valence-electron chi connectivity index (χ2n) is 7.67. The van der Waals surface area contributed by atoms with Crippen molar-refractivity contribution < 1.29 is 4.74 Å². The van der Waals surface area contributed by atoms with Crippen LogP contribution in [0.25, 0.3) is 0 Å². The lowest BCUT2D eigenvalue weighted by atomic mass is 9.83. The van der Waals surface area contributed by atoms with Crippen molar-refractivity contribution in [3.05, 3.63) is 34.3 Å². The highest BCUT2D eigenvalue weighted by atomic mass is 16.5. The molecule has 5 heteroatoms. The van der Waals surface area contributed by atoms with Gasteiger partial charge in [0, 0.05) is 30.9 Å². The first-order valence-corrected chi connectivity index (χ1v) is 10.4. The van der Waals surface area contributed by atoms with Crippen LogP contribution in [0.3, 0.4) is 0 Å². The molecular weight excluding hydrogens is 336 g/mol. The van der Waals surface area contributed by atoms with Crippen LogP contribution in [0.1, 0.15) is 59.3 Å². The quantitative estimate of drug-likeness (QED) is 0.596. The summed E-state index contributed by atoms with van der Waals surface area (Å²) in [5.41, 5.74) is 11.4. The van der Waals surface area contributed by atoms with E-state index in [1.54, 1.807) is 0 Å². The Morgan fingerprint density at radius 3 is 2.78 bits per heavy atom. The zero-order chi connectivity index (χ0) is 19.2. The maximum Gasteiger partial charge on any atom is 0.122 e. The molecule has 1 saturated heterocycles. The highest BCUT2D eigenvalue weighted by Gasteiger charge is 2.22. The van der Waals surface area contributed by atoms with Crippen LogP contribution in [0.2, 0.25) is 0 Å². The van der Waals surface area contributed by atoms with Gasteiger partial charge in [0.1, 0.15) is 11.7 Å². The van der Waals surface area contributed by atoms with Crippen molar-refractivity contribution in [2.45, 2.75) is 59.3 Å². The first kappa shape index (κ1) is 19.9. The van der Waals surface area contributed by atoms with E-state index in [1.807, 2.05) is 6.21 Å². The van der Waals surface area contributed by atoms with E-state index >= 15 is 0 Å². The molecule has 0 spiro atoms. The smallest absolute Gasteiger partial charge is 0.122 e. The summed E-state index contributed by atoms with van der Waals surface area (Å²) in [4.78, 5) is 11.9. The van der Waals surface area contributed by atoms with E-state index < -0.39 is 0 Å². The van der Waals surface area contributed by atoms with Gasteiger partial charge in [-0.2, -0.15) is 0 Å². The molecule has 0 aromatic heterocycles. The zero-order valence-corrected chi connectivity index (χ0v) is 17.1. The lowest BCUT2D eigenvalue weighted by Crippen LogP contribution is -2.39. The maximum absolute atomic E-state index is 6.10. The first-order valence-electron chi connectivity index (χ1n) is 10.4. The summed E-state index contributed by atoms with van der Waals surface area (Å²) in [7, 11) is 0. The SMILES string of the molecule is CCC1=C(N)N=CC(C(C)C2=C(/N=C(\C)N3CCOCC3)CCCC2)=CC1. The molecule has 148 valence electrons. The molecule has 1 unspecified atom stereocenters. The number of allylic oxidation sites excluding steroid dienone is 5. The van der Waals surface area contributed by atoms with Gasteiger partial charge in [-0.1, -0.05) is 19.9 Å². The van der Waals surface area contributed by atoms with Gasteiger partial charge in [0.05, 0.1) is 13.2 Å². The Morgan fingerprint density at radius 2 is 2.04 bits per heavy atom. The highest BCUT2D eigenvalue weighted by Crippen LogP contribution is 2.35. The lowest BCUT2D eigenvalue weighted by molar-refractivity contribution is 0.0678. The van der Waals surface area contributed by atoms with Crippen molar-refractivity contribution in [1.29, 1.82) is 0 Å². The number of nitrogens with two attached hydrogens (primary N) is 1. The Bertz CT molecular complexity index is 693. The third kappa shape index (κ3) is 4.89. The largest absolute Gasteiger partial charge is 0.384 e. The molecule has 1 fully saturated rings. The van der Waals surface area contributed by atoms with Gasteiger partial charge in [0.25, 0.3) is 0 Å². The van der Waals surface area contributed by atoms with Gasteiger partial charge in [-0.3, -0.25) is 0 Å². The highest BCUT2D eigenvalue weighted by molar-refractivity contribution is 5.82. The van der Waals surface area contributed by atoms with Gasteiger partial charge in [0.2, 0.25) is 0 Å². The fraction of sp³-hybridized carbons (Fsp3) is 0.636. The van der Waals surface area contributed by atoms with Crippen LogP contribution >= 0.6 is 0 Å². The molecule has 2 N–H and O–H groups in total. The van der Waals surface area contributed by atoms with Crippen molar-refractivity contribution >= 4 is 12.1 Å². The van der Waals surface area contributed by atoms with Gasteiger partial charge in [-0.05, 0) is 62.2 Å². The van der Waals surface area contributed by atoms with Crippen molar-refractivity contribution in [1.82, 2.24) is 4.90 Å². The lowest BCUT2D eigenvalue weighted by Gasteiger charge is -2.30.